The van der Waals surface area contributed by atoms with Gasteiger partial charge in [0.25, 0.3) is 0 Å². The average molecular weight is 302 g/mol. The maximum Gasteiger partial charge on any atom is 0.314 e. The number of urea groups is 1. The Morgan fingerprint density at radius 3 is 2.48 bits per heavy atom. The van der Waals surface area contributed by atoms with Gasteiger partial charge in [0.1, 0.15) is 0 Å². The normalized spacial score (nSPS) is 13.5. The third-order valence-electron chi connectivity index (χ3n) is 3.43. The van der Waals surface area contributed by atoms with Crippen LogP contribution in [0.5, 0.6) is 0 Å². The highest BCUT2D eigenvalue weighted by molar-refractivity contribution is 5.74. The van der Waals surface area contributed by atoms with E-state index in [4.69, 9.17) is 9.84 Å². The van der Waals surface area contributed by atoms with Crippen LogP contribution in [0.1, 0.15) is 52.4 Å². The predicted molar refractivity (Wildman–Crippen MR) is 82.4 cm³/mol. The van der Waals surface area contributed by atoms with Gasteiger partial charge >= 0.3 is 12.0 Å². The van der Waals surface area contributed by atoms with Gasteiger partial charge < -0.3 is 20.5 Å². The molecule has 2 unspecified atom stereocenters. The third kappa shape index (κ3) is 12.2. The van der Waals surface area contributed by atoms with Crippen LogP contribution in [0.4, 0.5) is 4.79 Å². The second-order valence-electron chi connectivity index (χ2n) is 5.46. The van der Waals surface area contributed by atoms with E-state index in [0.29, 0.717) is 25.5 Å². The number of amides is 2. The van der Waals surface area contributed by atoms with E-state index in [1.165, 1.54) is 0 Å². The lowest BCUT2D eigenvalue weighted by Crippen LogP contribution is -2.41. The molecule has 0 saturated carbocycles. The molecule has 0 aromatic carbocycles. The van der Waals surface area contributed by atoms with Crippen molar-refractivity contribution in [3.05, 3.63) is 0 Å². The van der Waals surface area contributed by atoms with Crippen LogP contribution in [0.25, 0.3) is 0 Å². The minimum atomic E-state index is -0.756. The summed E-state index contributed by atoms with van der Waals surface area (Å²) < 4.78 is 4.96. The maximum absolute atomic E-state index is 11.7. The quantitative estimate of drug-likeness (QED) is 0.516. The molecule has 2 atom stereocenters. The largest absolute Gasteiger partial charge is 0.481 e. The van der Waals surface area contributed by atoms with Gasteiger partial charge in [0.05, 0.1) is 0 Å². The van der Waals surface area contributed by atoms with Crippen LogP contribution in [0.15, 0.2) is 0 Å². The number of hydrogen-bond acceptors (Lipinski definition) is 3. The molecule has 0 aromatic rings. The topological polar surface area (TPSA) is 87.7 Å². The van der Waals surface area contributed by atoms with Crippen LogP contribution < -0.4 is 10.6 Å². The van der Waals surface area contributed by atoms with Crippen LogP contribution in [-0.2, 0) is 9.53 Å². The summed E-state index contributed by atoms with van der Waals surface area (Å²) in [7, 11) is 1.64. The molecule has 0 saturated heterocycles. The summed E-state index contributed by atoms with van der Waals surface area (Å²) in [5.74, 6) is -0.397. The highest BCUT2D eigenvalue weighted by Crippen LogP contribution is 2.17. The Balaban J connectivity index is 3.85. The van der Waals surface area contributed by atoms with Crippen molar-refractivity contribution in [1.29, 1.82) is 0 Å². The number of carboxylic acids is 1. The average Bonchev–Trinajstić information content (AvgIpc) is 2.42. The Hall–Kier alpha value is -1.30. The van der Waals surface area contributed by atoms with Crippen LogP contribution in [-0.4, -0.2) is 43.4 Å². The fraction of sp³-hybridized carbons (Fsp3) is 0.867. The summed E-state index contributed by atoms with van der Waals surface area (Å²) >= 11 is 0. The first-order valence-electron chi connectivity index (χ1n) is 7.74. The van der Waals surface area contributed by atoms with Crippen LogP contribution in [0.2, 0.25) is 0 Å². The first-order chi connectivity index (χ1) is 9.99. The number of hydrogen-bond donors (Lipinski definition) is 3. The zero-order valence-corrected chi connectivity index (χ0v) is 13.5. The molecule has 0 aliphatic rings. The summed E-state index contributed by atoms with van der Waals surface area (Å²) in [5.41, 5.74) is 0. The monoisotopic (exact) mass is 302 g/mol. The van der Waals surface area contributed by atoms with Gasteiger partial charge in [0, 0.05) is 32.7 Å². The van der Waals surface area contributed by atoms with Gasteiger partial charge in [-0.15, -0.1) is 0 Å². The van der Waals surface area contributed by atoms with E-state index >= 15 is 0 Å². The van der Waals surface area contributed by atoms with E-state index in [1.807, 2.05) is 6.92 Å². The Bertz CT molecular complexity index is 297. The summed E-state index contributed by atoms with van der Waals surface area (Å²) in [6.07, 6.45) is 4.51. The van der Waals surface area contributed by atoms with E-state index in [1.54, 1.807) is 7.11 Å². The molecule has 0 aliphatic heterocycles. The van der Waals surface area contributed by atoms with Crippen LogP contribution >= 0.6 is 0 Å². The number of nitrogens with one attached hydrogen (secondary N) is 2. The highest BCUT2D eigenvalue weighted by Gasteiger charge is 2.11. The minimum Gasteiger partial charge on any atom is -0.481 e. The first kappa shape index (κ1) is 19.7. The van der Waals surface area contributed by atoms with Crippen molar-refractivity contribution in [2.75, 3.05) is 20.3 Å². The molecule has 6 heteroatoms. The smallest absolute Gasteiger partial charge is 0.314 e. The van der Waals surface area contributed by atoms with Gasteiger partial charge in [0.15, 0.2) is 0 Å². The summed E-state index contributed by atoms with van der Waals surface area (Å²) in [4.78, 5) is 22.3. The van der Waals surface area contributed by atoms with E-state index in [9.17, 15) is 9.59 Å². The molecule has 0 fully saturated rings. The number of rotatable bonds is 12. The molecule has 0 heterocycles. The molecule has 21 heavy (non-hydrogen) atoms. The van der Waals surface area contributed by atoms with Gasteiger partial charge in [0.2, 0.25) is 0 Å². The zero-order chi connectivity index (χ0) is 16.1. The summed E-state index contributed by atoms with van der Waals surface area (Å²) in [5, 5.41) is 14.4. The van der Waals surface area contributed by atoms with Crippen LogP contribution in [0, 0.1) is 5.92 Å². The van der Waals surface area contributed by atoms with Crippen molar-refractivity contribution in [2.45, 2.75) is 58.4 Å². The lowest BCUT2D eigenvalue weighted by atomic mass is 9.94. The number of carbonyl (C=O) groups is 2. The number of carbonyl (C=O) groups excluding carboxylic acids is 1. The molecule has 6 nitrogen and oxygen atoms in total. The lowest BCUT2D eigenvalue weighted by molar-refractivity contribution is -0.137. The van der Waals surface area contributed by atoms with E-state index < -0.39 is 5.97 Å². The molecule has 0 bridgehead atoms. The molecule has 2 amide bonds. The second-order valence-corrected chi connectivity index (χ2v) is 5.46. The van der Waals surface area contributed by atoms with Gasteiger partial charge in [-0.25, -0.2) is 4.79 Å². The van der Waals surface area contributed by atoms with Gasteiger partial charge in [-0.3, -0.25) is 4.79 Å². The number of methoxy groups -OCH3 is 1. The van der Waals surface area contributed by atoms with Crippen molar-refractivity contribution in [2.24, 2.45) is 5.92 Å². The molecule has 0 spiro atoms. The molecule has 3 N–H and O–H groups in total. The van der Waals surface area contributed by atoms with Gasteiger partial charge in [-0.2, -0.15) is 0 Å². The molecule has 124 valence electrons. The lowest BCUT2D eigenvalue weighted by Gasteiger charge is -2.17. The highest BCUT2D eigenvalue weighted by atomic mass is 16.5. The maximum atomic E-state index is 11.7. The summed E-state index contributed by atoms with van der Waals surface area (Å²) in [6, 6.07) is -0.101. The van der Waals surface area contributed by atoms with Crippen molar-refractivity contribution >= 4 is 12.0 Å². The Kier molecular flexibility index (Phi) is 11.7. The van der Waals surface area contributed by atoms with Gasteiger partial charge in [-0.1, -0.05) is 19.8 Å². The molecular formula is C15H30N2O4. The van der Waals surface area contributed by atoms with E-state index in [0.717, 1.165) is 25.7 Å². The Morgan fingerprint density at radius 2 is 1.90 bits per heavy atom. The number of carboxylic acid groups (broad SMARTS) is 1. The molecule has 0 aromatic heterocycles. The van der Waals surface area contributed by atoms with E-state index in [2.05, 4.69) is 17.6 Å². The van der Waals surface area contributed by atoms with Crippen molar-refractivity contribution in [3.63, 3.8) is 0 Å². The van der Waals surface area contributed by atoms with Gasteiger partial charge in [-0.05, 0) is 32.1 Å². The Morgan fingerprint density at radius 1 is 1.19 bits per heavy atom. The molecule has 0 rings (SSSR count). The molecule has 0 radical (unpaired) electrons. The second kappa shape index (κ2) is 12.4. The van der Waals surface area contributed by atoms with Crippen LogP contribution in [0.3, 0.4) is 0 Å². The predicted octanol–water partition coefficient (Wildman–Crippen LogP) is 2.38. The zero-order valence-electron chi connectivity index (χ0n) is 13.5. The Labute approximate surface area is 127 Å². The number of ether oxygens (including phenoxy) is 1. The van der Waals surface area contributed by atoms with E-state index in [-0.39, 0.29) is 18.5 Å². The molecule has 0 aliphatic carbocycles. The first-order valence-corrected chi connectivity index (χ1v) is 7.74. The fourth-order valence-corrected chi connectivity index (χ4v) is 2.20. The summed E-state index contributed by atoms with van der Waals surface area (Å²) in [6.45, 7) is 5.22. The SMILES string of the molecule is CCCC(CCNC(=O)NC(C)CCOC)CCC(=O)O. The van der Waals surface area contributed by atoms with Crippen molar-refractivity contribution < 1.29 is 19.4 Å². The van der Waals surface area contributed by atoms with Crippen molar-refractivity contribution in [1.82, 2.24) is 10.6 Å². The van der Waals surface area contributed by atoms with Crippen molar-refractivity contribution in [3.8, 4) is 0 Å². The number of aliphatic carboxylic acids is 1. The fourth-order valence-electron chi connectivity index (χ4n) is 2.20. The minimum absolute atomic E-state index is 0.0726. The molecular weight excluding hydrogens is 272 g/mol. The third-order valence-corrected chi connectivity index (χ3v) is 3.43. The standard InChI is InChI=1S/C15H30N2O4/c1-4-5-13(6-7-14(18)19)8-10-16-15(20)17-12(2)9-11-21-3/h12-13H,4-11H2,1-3H3,(H,18,19)(H2,16,17,20).